The highest BCUT2D eigenvalue weighted by molar-refractivity contribution is 5.16. The fraction of sp³-hybridized carbons (Fsp3) is 0.739. The Morgan fingerprint density at radius 1 is 0.667 bits per heavy atom. The van der Waals surface area contributed by atoms with E-state index in [1.54, 1.807) is 0 Å². The molecule has 1 heteroatoms. The molecule has 0 saturated heterocycles. The van der Waals surface area contributed by atoms with Gasteiger partial charge in [-0.2, -0.15) is 0 Å². The first-order chi connectivity index (χ1) is 11.1. The summed E-state index contributed by atoms with van der Waals surface area (Å²) in [5.41, 5.74) is 1.93. The second-order valence-corrected chi connectivity index (χ2v) is 8.11. The van der Waals surface area contributed by atoms with Crippen molar-refractivity contribution in [1.29, 1.82) is 0 Å². The standard InChI is InChI=1S/C23H40.H2O/c1-4-5-6-7-8-9-10-11-12-13-17-20-23(2,3)21-22-18-15-14-16-19-22;/h14-16,18-19H,4-13,17,20-21H2,1-3H3;1H2. The highest BCUT2D eigenvalue weighted by Gasteiger charge is 2.17. The molecule has 1 rings (SSSR count). The van der Waals surface area contributed by atoms with E-state index in [2.05, 4.69) is 51.1 Å². The Kier molecular flexibility index (Phi) is 14.0. The number of rotatable bonds is 14. The Morgan fingerprint density at radius 2 is 1.12 bits per heavy atom. The van der Waals surface area contributed by atoms with Gasteiger partial charge in [0, 0.05) is 0 Å². The van der Waals surface area contributed by atoms with Crippen molar-refractivity contribution in [2.75, 3.05) is 0 Å². The van der Waals surface area contributed by atoms with Crippen molar-refractivity contribution < 1.29 is 5.48 Å². The van der Waals surface area contributed by atoms with Crippen LogP contribution < -0.4 is 0 Å². The lowest BCUT2D eigenvalue weighted by Crippen LogP contribution is -2.14. The fourth-order valence-corrected chi connectivity index (χ4v) is 3.50. The molecule has 1 aromatic rings. The SMILES string of the molecule is CCCCCCCCCCCCCC(C)(C)Cc1ccccc1.O. The molecule has 1 nitrogen and oxygen atoms in total. The third-order valence-corrected chi connectivity index (χ3v) is 4.98. The van der Waals surface area contributed by atoms with Crippen LogP contribution in [0.3, 0.4) is 0 Å². The third-order valence-electron chi connectivity index (χ3n) is 4.98. The first-order valence-electron chi connectivity index (χ1n) is 10.2. The maximum Gasteiger partial charge on any atom is -0.0227 e. The van der Waals surface area contributed by atoms with Gasteiger partial charge in [0.1, 0.15) is 0 Å². The van der Waals surface area contributed by atoms with E-state index in [-0.39, 0.29) is 5.48 Å². The van der Waals surface area contributed by atoms with Crippen molar-refractivity contribution in [3.05, 3.63) is 35.9 Å². The lowest BCUT2D eigenvalue weighted by atomic mass is 9.81. The predicted molar refractivity (Wildman–Crippen MR) is 109 cm³/mol. The minimum atomic E-state index is 0. The van der Waals surface area contributed by atoms with Crippen LogP contribution in [0.25, 0.3) is 0 Å². The van der Waals surface area contributed by atoms with Crippen LogP contribution in [0.5, 0.6) is 0 Å². The minimum Gasteiger partial charge on any atom is -0.412 e. The smallest absolute Gasteiger partial charge is 0.0227 e. The van der Waals surface area contributed by atoms with Crippen molar-refractivity contribution in [2.45, 2.75) is 104 Å². The van der Waals surface area contributed by atoms with Crippen LogP contribution in [-0.4, -0.2) is 5.48 Å². The van der Waals surface area contributed by atoms with Gasteiger partial charge in [-0.25, -0.2) is 0 Å². The van der Waals surface area contributed by atoms with Crippen molar-refractivity contribution in [2.24, 2.45) is 5.41 Å². The molecule has 0 amide bonds. The first-order valence-corrected chi connectivity index (χ1v) is 10.2. The zero-order valence-corrected chi connectivity index (χ0v) is 16.6. The summed E-state index contributed by atoms with van der Waals surface area (Å²) in [7, 11) is 0. The largest absolute Gasteiger partial charge is 0.412 e. The average molecular weight is 335 g/mol. The maximum atomic E-state index is 2.43. The van der Waals surface area contributed by atoms with Gasteiger partial charge >= 0.3 is 0 Å². The molecular weight excluding hydrogens is 292 g/mol. The van der Waals surface area contributed by atoms with Gasteiger partial charge in [-0.05, 0) is 23.8 Å². The van der Waals surface area contributed by atoms with Crippen molar-refractivity contribution in [3.8, 4) is 0 Å². The summed E-state index contributed by atoms with van der Waals surface area (Å²) in [5.74, 6) is 0. The quantitative estimate of drug-likeness (QED) is 0.324. The number of hydrogen-bond donors (Lipinski definition) is 0. The van der Waals surface area contributed by atoms with E-state index in [0.717, 1.165) is 0 Å². The van der Waals surface area contributed by atoms with Crippen molar-refractivity contribution in [1.82, 2.24) is 0 Å². The Hall–Kier alpha value is -0.820. The number of benzene rings is 1. The molecule has 0 bridgehead atoms. The van der Waals surface area contributed by atoms with E-state index < -0.39 is 0 Å². The summed E-state index contributed by atoms with van der Waals surface area (Å²) < 4.78 is 0. The van der Waals surface area contributed by atoms with Crippen LogP contribution in [-0.2, 0) is 6.42 Å². The molecule has 0 aromatic heterocycles. The molecular formula is C23H42O. The number of unbranched alkanes of at least 4 members (excludes halogenated alkanes) is 10. The Balaban J connectivity index is 0.00000529. The van der Waals surface area contributed by atoms with Gasteiger partial charge in [0.2, 0.25) is 0 Å². The van der Waals surface area contributed by atoms with E-state index >= 15 is 0 Å². The predicted octanol–water partition coefficient (Wildman–Crippen LogP) is 7.13. The van der Waals surface area contributed by atoms with Crippen molar-refractivity contribution >= 4 is 0 Å². The van der Waals surface area contributed by atoms with Crippen LogP contribution in [0.4, 0.5) is 0 Å². The minimum absolute atomic E-state index is 0. The van der Waals surface area contributed by atoms with Crippen LogP contribution in [0.2, 0.25) is 0 Å². The maximum absolute atomic E-state index is 2.43. The second kappa shape index (κ2) is 14.5. The molecule has 0 heterocycles. The van der Waals surface area contributed by atoms with E-state index in [1.807, 2.05) is 0 Å². The molecule has 1 aromatic carbocycles. The summed E-state index contributed by atoms with van der Waals surface area (Å²) in [6.45, 7) is 7.15. The molecule has 0 saturated carbocycles. The summed E-state index contributed by atoms with van der Waals surface area (Å²) >= 11 is 0. The Bertz CT molecular complexity index is 369. The van der Waals surface area contributed by atoms with Crippen LogP contribution in [0.15, 0.2) is 30.3 Å². The molecule has 0 aliphatic heterocycles. The molecule has 0 spiro atoms. The average Bonchev–Trinajstić information content (AvgIpc) is 2.53. The molecule has 0 radical (unpaired) electrons. The third kappa shape index (κ3) is 12.6. The molecule has 2 N–H and O–H groups in total. The topological polar surface area (TPSA) is 31.5 Å². The highest BCUT2D eigenvalue weighted by atomic mass is 16.0. The van der Waals surface area contributed by atoms with Gasteiger partial charge in [-0.15, -0.1) is 0 Å². The summed E-state index contributed by atoms with van der Waals surface area (Å²) in [6, 6.07) is 11.0. The second-order valence-electron chi connectivity index (χ2n) is 8.11. The lowest BCUT2D eigenvalue weighted by Gasteiger charge is -2.24. The first kappa shape index (κ1) is 23.2. The van der Waals surface area contributed by atoms with Crippen molar-refractivity contribution in [3.63, 3.8) is 0 Å². The van der Waals surface area contributed by atoms with Gasteiger partial charge in [0.15, 0.2) is 0 Å². The molecule has 0 unspecified atom stereocenters. The van der Waals surface area contributed by atoms with E-state index in [4.69, 9.17) is 0 Å². The van der Waals surface area contributed by atoms with Gasteiger partial charge in [0.05, 0.1) is 0 Å². The van der Waals surface area contributed by atoms with Gasteiger partial charge < -0.3 is 5.48 Å². The van der Waals surface area contributed by atoms with Gasteiger partial charge in [-0.1, -0.05) is 122 Å². The summed E-state index contributed by atoms with van der Waals surface area (Å²) in [4.78, 5) is 0. The van der Waals surface area contributed by atoms with Gasteiger partial charge in [0.25, 0.3) is 0 Å². The van der Waals surface area contributed by atoms with E-state index in [1.165, 1.54) is 89.0 Å². The molecule has 0 atom stereocenters. The Morgan fingerprint density at radius 3 is 1.62 bits per heavy atom. The summed E-state index contributed by atoms with van der Waals surface area (Å²) in [5, 5.41) is 0. The summed E-state index contributed by atoms with van der Waals surface area (Å²) in [6.07, 6.45) is 18.4. The Labute approximate surface area is 151 Å². The van der Waals surface area contributed by atoms with Gasteiger partial charge in [-0.3, -0.25) is 0 Å². The van der Waals surface area contributed by atoms with Crippen LogP contribution >= 0.6 is 0 Å². The van der Waals surface area contributed by atoms with E-state index in [9.17, 15) is 0 Å². The number of hydrogen-bond acceptors (Lipinski definition) is 0. The zero-order valence-electron chi connectivity index (χ0n) is 16.6. The fourth-order valence-electron chi connectivity index (χ4n) is 3.50. The van der Waals surface area contributed by atoms with Crippen LogP contribution in [0.1, 0.15) is 103 Å². The highest BCUT2D eigenvalue weighted by Crippen LogP contribution is 2.28. The molecule has 0 aliphatic carbocycles. The molecule has 24 heavy (non-hydrogen) atoms. The zero-order chi connectivity index (χ0) is 16.8. The molecule has 0 aliphatic rings. The van der Waals surface area contributed by atoms with E-state index in [0.29, 0.717) is 5.41 Å². The lowest BCUT2D eigenvalue weighted by molar-refractivity contribution is 0.316. The normalized spacial score (nSPS) is 11.3. The molecule has 0 fully saturated rings. The molecule has 140 valence electrons. The van der Waals surface area contributed by atoms with Crippen LogP contribution in [0, 0.1) is 5.41 Å². The monoisotopic (exact) mass is 334 g/mol.